The number of aryl methyl sites for hydroxylation is 1. The summed E-state index contributed by atoms with van der Waals surface area (Å²) in [6, 6.07) is 2.21. The number of hydrogen-bond acceptors (Lipinski definition) is 5. The molecule has 33 heavy (non-hydrogen) atoms. The Balaban J connectivity index is 1.47. The third-order valence-electron chi connectivity index (χ3n) is 8.25. The maximum atomic E-state index is 14.0. The van der Waals surface area contributed by atoms with Gasteiger partial charge in [-0.3, -0.25) is 0 Å². The molecule has 7 heteroatoms. The van der Waals surface area contributed by atoms with Crippen molar-refractivity contribution in [3.8, 4) is 0 Å². The summed E-state index contributed by atoms with van der Waals surface area (Å²) in [5.41, 5.74) is 2.76. The van der Waals surface area contributed by atoms with E-state index in [2.05, 4.69) is 21.5 Å². The fraction of sp³-hybridized carbons (Fsp3) is 0.731. The lowest BCUT2D eigenvalue weighted by atomic mass is 9.70. The first-order valence-electron chi connectivity index (χ1n) is 12.8. The van der Waals surface area contributed by atoms with Gasteiger partial charge in [-0.1, -0.05) is 18.7 Å². The molecular weight excluding hydrogens is 435 g/mol. The van der Waals surface area contributed by atoms with E-state index in [0.717, 1.165) is 36.7 Å². The molecule has 0 radical (unpaired) electrons. The summed E-state index contributed by atoms with van der Waals surface area (Å²) in [5.74, 6) is 3.37. The van der Waals surface area contributed by atoms with E-state index in [1.54, 1.807) is 24.2 Å². The van der Waals surface area contributed by atoms with Crippen molar-refractivity contribution in [1.29, 1.82) is 0 Å². The van der Waals surface area contributed by atoms with Gasteiger partial charge < -0.3 is 9.30 Å². The summed E-state index contributed by atoms with van der Waals surface area (Å²) >= 11 is 1.75. The van der Waals surface area contributed by atoms with Gasteiger partial charge in [0.05, 0.1) is 17.6 Å². The molecule has 2 fully saturated rings. The molecule has 0 aliphatic heterocycles. The molecule has 3 aliphatic carbocycles. The Morgan fingerprint density at radius 3 is 2.64 bits per heavy atom. The smallest absolute Gasteiger partial charge is 0.169 e. The van der Waals surface area contributed by atoms with Crippen molar-refractivity contribution in [2.45, 2.75) is 106 Å². The highest BCUT2D eigenvalue weighted by Crippen LogP contribution is 2.48. The lowest BCUT2D eigenvalue weighted by molar-refractivity contribution is 0.00451. The molecule has 4 atom stereocenters. The summed E-state index contributed by atoms with van der Waals surface area (Å²) in [7, 11) is 1.87. The van der Waals surface area contributed by atoms with Gasteiger partial charge in [0.1, 0.15) is 12.0 Å². The number of thioether (sulfide) groups is 1. The molecule has 0 saturated heterocycles. The number of alkyl halides is 1. The third kappa shape index (κ3) is 5.00. The van der Waals surface area contributed by atoms with E-state index < -0.39 is 6.17 Å². The van der Waals surface area contributed by atoms with Crippen LogP contribution in [0.4, 0.5) is 4.39 Å². The van der Waals surface area contributed by atoms with Crippen molar-refractivity contribution in [2.75, 3.05) is 7.11 Å². The Kier molecular flexibility index (Phi) is 7.36. The van der Waals surface area contributed by atoms with E-state index in [-0.39, 0.29) is 0 Å². The van der Waals surface area contributed by atoms with Crippen molar-refractivity contribution in [3.63, 3.8) is 0 Å². The molecule has 0 aromatic carbocycles. The van der Waals surface area contributed by atoms with Crippen LogP contribution >= 0.6 is 11.8 Å². The van der Waals surface area contributed by atoms with Crippen LogP contribution in [0.5, 0.6) is 0 Å². The van der Waals surface area contributed by atoms with Gasteiger partial charge in [0.15, 0.2) is 5.16 Å². The molecule has 2 aromatic heterocycles. The lowest BCUT2D eigenvalue weighted by Crippen LogP contribution is -2.34. The maximum Gasteiger partial charge on any atom is 0.169 e. The monoisotopic (exact) mass is 472 g/mol. The van der Waals surface area contributed by atoms with Gasteiger partial charge in [-0.2, -0.15) is 0 Å². The van der Waals surface area contributed by atoms with Crippen molar-refractivity contribution in [1.82, 2.24) is 19.5 Å². The van der Waals surface area contributed by atoms with Crippen LogP contribution in [0.3, 0.4) is 0 Å². The van der Waals surface area contributed by atoms with E-state index in [0.29, 0.717) is 48.5 Å². The standard InChI is InChI=1S/C26H37FN4OS/c1-17-7-8-18(15-23(17)32-2)21-5-3-6-22-25(21)31(20-11-9-19(27)10-12-20)26(30-22)33-16-24-28-13-4-14-29-24/h4,13-14,17-21,23H,3,5-12,15-16H2,1-2H3. The summed E-state index contributed by atoms with van der Waals surface area (Å²) < 4.78 is 22.5. The number of ether oxygens (including phenoxy) is 1. The van der Waals surface area contributed by atoms with Crippen LogP contribution in [-0.4, -0.2) is 38.9 Å². The zero-order valence-corrected chi connectivity index (χ0v) is 20.8. The summed E-state index contributed by atoms with van der Waals surface area (Å²) in [6.07, 6.45) is 13.6. The van der Waals surface area contributed by atoms with Crippen LogP contribution in [0.25, 0.3) is 0 Å². The Hall–Kier alpha value is -1.47. The number of methoxy groups -OCH3 is 1. The van der Waals surface area contributed by atoms with Crippen molar-refractivity contribution in [2.24, 2.45) is 11.8 Å². The second kappa shape index (κ2) is 10.4. The van der Waals surface area contributed by atoms with Crippen LogP contribution in [-0.2, 0) is 16.9 Å². The number of aromatic nitrogens is 4. The highest BCUT2D eigenvalue weighted by atomic mass is 32.2. The molecule has 3 aliphatic rings. The van der Waals surface area contributed by atoms with Gasteiger partial charge in [0.25, 0.3) is 0 Å². The first kappa shape index (κ1) is 23.3. The number of imidazole rings is 1. The molecular formula is C26H37FN4OS. The van der Waals surface area contributed by atoms with E-state index in [1.807, 2.05) is 13.2 Å². The molecule has 0 N–H and O–H groups in total. The van der Waals surface area contributed by atoms with Crippen molar-refractivity contribution >= 4 is 11.8 Å². The Bertz CT molecular complexity index is 915. The molecule has 2 heterocycles. The topological polar surface area (TPSA) is 52.8 Å². The molecule has 0 amide bonds. The number of halogens is 1. The van der Waals surface area contributed by atoms with E-state index >= 15 is 0 Å². The molecule has 4 unspecified atom stereocenters. The Morgan fingerprint density at radius 2 is 1.88 bits per heavy atom. The molecule has 5 nitrogen and oxygen atoms in total. The first-order valence-corrected chi connectivity index (χ1v) is 13.8. The number of hydrogen-bond donors (Lipinski definition) is 0. The number of rotatable bonds is 6. The Morgan fingerprint density at radius 1 is 1.09 bits per heavy atom. The predicted molar refractivity (Wildman–Crippen MR) is 129 cm³/mol. The van der Waals surface area contributed by atoms with E-state index in [4.69, 9.17) is 9.72 Å². The maximum absolute atomic E-state index is 14.0. The van der Waals surface area contributed by atoms with E-state index in [9.17, 15) is 4.39 Å². The second-order valence-electron chi connectivity index (χ2n) is 10.3. The summed E-state index contributed by atoms with van der Waals surface area (Å²) in [5, 5.41) is 1.09. The molecule has 2 saturated carbocycles. The van der Waals surface area contributed by atoms with Crippen LogP contribution in [0.15, 0.2) is 23.6 Å². The average Bonchev–Trinajstić information content (AvgIpc) is 3.23. The SMILES string of the molecule is COC1CC(C2CCCc3nc(SCc4ncccn4)n(C4CCC(F)CC4)c32)CCC1C. The summed E-state index contributed by atoms with van der Waals surface area (Å²) in [6.45, 7) is 2.33. The number of nitrogens with zero attached hydrogens (tertiary/aromatic N) is 4. The van der Waals surface area contributed by atoms with Gasteiger partial charge in [0.2, 0.25) is 0 Å². The zero-order chi connectivity index (χ0) is 22.8. The van der Waals surface area contributed by atoms with E-state index in [1.165, 1.54) is 37.1 Å². The normalized spacial score (nSPS) is 32.5. The zero-order valence-electron chi connectivity index (χ0n) is 20.0. The van der Waals surface area contributed by atoms with Gasteiger partial charge >= 0.3 is 0 Å². The third-order valence-corrected chi connectivity index (χ3v) is 9.20. The fourth-order valence-electron chi connectivity index (χ4n) is 6.42. The predicted octanol–water partition coefficient (Wildman–Crippen LogP) is 6.29. The average molecular weight is 473 g/mol. The molecule has 0 spiro atoms. The van der Waals surface area contributed by atoms with Gasteiger partial charge in [0, 0.05) is 37.2 Å². The summed E-state index contributed by atoms with van der Waals surface area (Å²) in [4.78, 5) is 14.0. The molecule has 0 bridgehead atoms. The largest absolute Gasteiger partial charge is 0.381 e. The highest BCUT2D eigenvalue weighted by molar-refractivity contribution is 7.98. The lowest BCUT2D eigenvalue weighted by Gasteiger charge is -2.40. The van der Waals surface area contributed by atoms with Crippen LogP contribution in [0, 0.1) is 11.8 Å². The van der Waals surface area contributed by atoms with Crippen molar-refractivity contribution < 1.29 is 9.13 Å². The van der Waals surface area contributed by atoms with Gasteiger partial charge in [-0.05, 0) is 82.1 Å². The van der Waals surface area contributed by atoms with Gasteiger partial charge in [-0.15, -0.1) is 0 Å². The minimum atomic E-state index is -0.646. The van der Waals surface area contributed by atoms with Gasteiger partial charge in [-0.25, -0.2) is 19.3 Å². The number of fused-ring (bicyclic) bond motifs is 1. The molecule has 2 aromatic rings. The highest BCUT2D eigenvalue weighted by Gasteiger charge is 2.39. The Labute approximate surface area is 201 Å². The van der Waals surface area contributed by atoms with Crippen molar-refractivity contribution in [3.05, 3.63) is 35.7 Å². The molecule has 180 valence electrons. The minimum absolute atomic E-state index is 0.355. The first-order chi connectivity index (χ1) is 16.1. The van der Waals surface area contributed by atoms with Crippen LogP contribution in [0.1, 0.15) is 93.9 Å². The quantitative estimate of drug-likeness (QED) is 0.463. The minimum Gasteiger partial charge on any atom is -0.381 e. The second-order valence-corrected chi connectivity index (χ2v) is 11.2. The van der Waals surface area contributed by atoms with Crippen LogP contribution < -0.4 is 0 Å². The molecule has 5 rings (SSSR count). The van der Waals surface area contributed by atoms with Crippen LogP contribution in [0.2, 0.25) is 0 Å². The fourth-order valence-corrected chi connectivity index (χ4v) is 7.39.